The molecule has 1 aromatic rings. The Kier molecular flexibility index (Phi) is 5.35. The molecule has 4 heteroatoms. The van der Waals surface area contributed by atoms with Crippen LogP contribution in [-0.2, 0) is 10.5 Å². The number of carbonyl (C=O) groups is 1. The number of hydrogen-bond acceptors (Lipinski definition) is 3. The van der Waals surface area contributed by atoms with Crippen molar-refractivity contribution in [1.29, 1.82) is 0 Å². The fourth-order valence-corrected chi connectivity index (χ4v) is 2.19. The summed E-state index contributed by atoms with van der Waals surface area (Å²) < 4.78 is 0. The van der Waals surface area contributed by atoms with E-state index in [1.54, 1.807) is 11.8 Å². The zero-order valence-corrected chi connectivity index (χ0v) is 10.0. The summed E-state index contributed by atoms with van der Waals surface area (Å²) in [5.41, 5.74) is 2.41. The quantitative estimate of drug-likeness (QED) is 0.799. The van der Waals surface area contributed by atoms with E-state index in [0.29, 0.717) is 5.75 Å². The molecule has 1 rings (SSSR count). The van der Waals surface area contributed by atoms with Gasteiger partial charge in [-0.15, -0.1) is 0 Å². The van der Waals surface area contributed by atoms with Gasteiger partial charge in [0.15, 0.2) is 0 Å². The molecule has 0 spiro atoms. The summed E-state index contributed by atoms with van der Waals surface area (Å²) in [5.74, 6) is 0.306. The predicted molar refractivity (Wildman–Crippen MR) is 65.6 cm³/mol. The molecule has 1 unspecified atom stereocenters. The summed E-state index contributed by atoms with van der Waals surface area (Å²) in [7, 11) is 0. The zero-order chi connectivity index (χ0) is 12.0. The topological polar surface area (TPSA) is 57.5 Å². The van der Waals surface area contributed by atoms with Crippen molar-refractivity contribution in [2.24, 2.45) is 0 Å². The van der Waals surface area contributed by atoms with Crippen LogP contribution >= 0.6 is 11.8 Å². The van der Waals surface area contributed by atoms with Gasteiger partial charge >= 0.3 is 5.97 Å². The average Bonchev–Trinajstić information content (AvgIpc) is 2.20. The minimum atomic E-state index is -0.955. The van der Waals surface area contributed by atoms with E-state index in [9.17, 15) is 9.90 Å². The minimum absolute atomic E-state index is 0.180. The first-order valence-corrected chi connectivity index (χ1v) is 6.26. The number of benzene rings is 1. The van der Waals surface area contributed by atoms with Crippen LogP contribution in [0.4, 0.5) is 0 Å². The molecule has 88 valence electrons. The Hall–Kier alpha value is -1.00. The molecule has 3 nitrogen and oxygen atoms in total. The Morgan fingerprint density at radius 2 is 2.00 bits per heavy atom. The lowest BCUT2D eigenvalue weighted by Crippen LogP contribution is -2.15. The third-order valence-electron chi connectivity index (χ3n) is 2.11. The summed E-state index contributed by atoms with van der Waals surface area (Å²) in [5, 5.41) is 17.8. The molecule has 1 atom stereocenters. The van der Waals surface area contributed by atoms with Crippen molar-refractivity contribution in [1.82, 2.24) is 0 Å². The Balaban J connectivity index is 2.25. The van der Waals surface area contributed by atoms with Crippen molar-refractivity contribution < 1.29 is 15.0 Å². The van der Waals surface area contributed by atoms with Crippen LogP contribution in [0.5, 0.6) is 0 Å². The van der Waals surface area contributed by atoms with Crippen molar-refractivity contribution in [3.8, 4) is 0 Å². The first-order valence-electron chi connectivity index (χ1n) is 5.11. The first-order chi connectivity index (χ1) is 7.58. The SMILES string of the molecule is Cc1ccc(CSCC(O)CC(=O)O)cc1. The Labute approximate surface area is 99.5 Å². The van der Waals surface area contributed by atoms with Crippen LogP contribution < -0.4 is 0 Å². The number of aliphatic hydroxyl groups is 1. The molecular formula is C12H16O3S. The van der Waals surface area contributed by atoms with Crippen LogP contribution in [0.1, 0.15) is 17.5 Å². The summed E-state index contributed by atoms with van der Waals surface area (Å²) >= 11 is 1.55. The van der Waals surface area contributed by atoms with Crippen LogP contribution in [0, 0.1) is 6.92 Å². The largest absolute Gasteiger partial charge is 0.481 e. The maximum Gasteiger partial charge on any atom is 0.306 e. The van der Waals surface area contributed by atoms with Gasteiger partial charge in [-0.05, 0) is 12.5 Å². The van der Waals surface area contributed by atoms with Gasteiger partial charge in [-0.3, -0.25) is 4.79 Å². The van der Waals surface area contributed by atoms with E-state index in [2.05, 4.69) is 0 Å². The van der Waals surface area contributed by atoms with Crippen LogP contribution in [0.25, 0.3) is 0 Å². The average molecular weight is 240 g/mol. The van der Waals surface area contributed by atoms with Crippen LogP contribution in [0.3, 0.4) is 0 Å². The van der Waals surface area contributed by atoms with E-state index in [4.69, 9.17) is 5.11 Å². The lowest BCUT2D eigenvalue weighted by atomic mass is 10.2. The minimum Gasteiger partial charge on any atom is -0.481 e. The van der Waals surface area contributed by atoms with Gasteiger partial charge < -0.3 is 10.2 Å². The van der Waals surface area contributed by atoms with Crippen molar-refractivity contribution in [3.05, 3.63) is 35.4 Å². The highest BCUT2D eigenvalue weighted by Gasteiger charge is 2.08. The van der Waals surface area contributed by atoms with Gasteiger partial charge in [0.2, 0.25) is 0 Å². The molecule has 0 aliphatic rings. The smallest absolute Gasteiger partial charge is 0.306 e. The summed E-state index contributed by atoms with van der Waals surface area (Å²) in [6.45, 7) is 2.04. The second-order valence-corrected chi connectivity index (χ2v) is 4.78. The molecule has 0 bridgehead atoms. The zero-order valence-electron chi connectivity index (χ0n) is 9.22. The summed E-state index contributed by atoms with van der Waals surface area (Å²) in [6, 6.07) is 8.19. The standard InChI is InChI=1S/C12H16O3S/c1-9-2-4-10(5-3-9)7-16-8-11(13)6-12(14)15/h2-5,11,13H,6-8H2,1H3,(H,14,15). The van der Waals surface area contributed by atoms with E-state index >= 15 is 0 Å². The number of carboxylic acids is 1. The Bertz CT molecular complexity index is 335. The van der Waals surface area contributed by atoms with Gasteiger partial charge in [-0.1, -0.05) is 29.8 Å². The molecular weight excluding hydrogens is 224 g/mol. The van der Waals surface area contributed by atoms with E-state index in [1.807, 2.05) is 31.2 Å². The van der Waals surface area contributed by atoms with Gasteiger partial charge in [-0.25, -0.2) is 0 Å². The third-order valence-corrected chi connectivity index (χ3v) is 3.27. The van der Waals surface area contributed by atoms with E-state index < -0.39 is 12.1 Å². The number of rotatable bonds is 6. The van der Waals surface area contributed by atoms with Crippen LogP contribution in [0.15, 0.2) is 24.3 Å². The molecule has 1 aromatic carbocycles. The monoisotopic (exact) mass is 240 g/mol. The van der Waals surface area contributed by atoms with E-state index in [-0.39, 0.29) is 6.42 Å². The molecule has 0 heterocycles. The molecule has 0 aliphatic heterocycles. The predicted octanol–water partition coefficient (Wildman–Crippen LogP) is 2.06. The van der Waals surface area contributed by atoms with Crippen molar-refractivity contribution in [2.45, 2.75) is 25.2 Å². The lowest BCUT2D eigenvalue weighted by molar-refractivity contribution is -0.138. The molecule has 0 amide bonds. The van der Waals surface area contributed by atoms with Gasteiger partial charge in [-0.2, -0.15) is 11.8 Å². The van der Waals surface area contributed by atoms with Gasteiger partial charge in [0.25, 0.3) is 0 Å². The Morgan fingerprint density at radius 3 is 2.56 bits per heavy atom. The normalized spacial score (nSPS) is 12.4. The van der Waals surface area contributed by atoms with Crippen molar-refractivity contribution >= 4 is 17.7 Å². The van der Waals surface area contributed by atoms with E-state index in [1.165, 1.54) is 11.1 Å². The highest BCUT2D eigenvalue weighted by molar-refractivity contribution is 7.98. The number of aryl methyl sites for hydroxylation is 1. The number of aliphatic carboxylic acids is 1. The molecule has 2 N–H and O–H groups in total. The molecule has 0 saturated carbocycles. The summed E-state index contributed by atoms with van der Waals surface area (Å²) in [6.07, 6.45) is -0.936. The second kappa shape index (κ2) is 6.55. The highest BCUT2D eigenvalue weighted by atomic mass is 32.2. The first kappa shape index (κ1) is 13.1. The molecule has 16 heavy (non-hydrogen) atoms. The maximum atomic E-state index is 10.3. The number of aliphatic hydroxyl groups excluding tert-OH is 1. The number of carboxylic acid groups (broad SMARTS) is 1. The fraction of sp³-hybridized carbons (Fsp3) is 0.417. The Morgan fingerprint density at radius 1 is 1.38 bits per heavy atom. The van der Waals surface area contributed by atoms with Gasteiger partial charge in [0, 0.05) is 11.5 Å². The van der Waals surface area contributed by atoms with Crippen molar-refractivity contribution in [3.63, 3.8) is 0 Å². The molecule has 0 saturated heterocycles. The summed E-state index contributed by atoms with van der Waals surface area (Å²) in [4.78, 5) is 10.3. The van der Waals surface area contributed by atoms with E-state index in [0.717, 1.165) is 5.75 Å². The van der Waals surface area contributed by atoms with Crippen molar-refractivity contribution in [2.75, 3.05) is 5.75 Å². The van der Waals surface area contributed by atoms with Crippen LogP contribution in [0.2, 0.25) is 0 Å². The molecule has 0 radical (unpaired) electrons. The molecule has 0 fully saturated rings. The maximum absolute atomic E-state index is 10.3. The van der Waals surface area contributed by atoms with Gasteiger partial charge in [0.1, 0.15) is 0 Å². The molecule has 0 aromatic heterocycles. The number of hydrogen-bond donors (Lipinski definition) is 2. The fourth-order valence-electron chi connectivity index (χ4n) is 1.26. The lowest BCUT2D eigenvalue weighted by Gasteiger charge is -2.07. The molecule has 0 aliphatic carbocycles. The van der Waals surface area contributed by atoms with Gasteiger partial charge in [0.05, 0.1) is 12.5 Å². The highest BCUT2D eigenvalue weighted by Crippen LogP contribution is 2.14. The van der Waals surface area contributed by atoms with Crippen LogP contribution in [-0.4, -0.2) is 28.0 Å². The second-order valence-electron chi connectivity index (χ2n) is 3.75. The third kappa shape index (κ3) is 5.19. The number of thioether (sulfide) groups is 1.